The molecular weight excluding hydrogens is 172 g/mol. The van der Waals surface area contributed by atoms with E-state index in [1.165, 1.54) is 19.6 Å². The smallest absolute Gasteiger partial charge is 0.0107 e. The Morgan fingerprint density at radius 2 is 1.93 bits per heavy atom. The van der Waals surface area contributed by atoms with Crippen molar-refractivity contribution in [2.75, 3.05) is 32.7 Å². The molecule has 0 atom stereocenters. The van der Waals surface area contributed by atoms with Gasteiger partial charge in [-0.1, -0.05) is 34.6 Å². The number of nitrogens with zero attached hydrogens (tertiary/aromatic N) is 1. The van der Waals surface area contributed by atoms with Crippen molar-refractivity contribution in [2.24, 2.45) is 10.8 Å². The second-order valence-electron chi connectivity index (χ2n) is 6.61. The summed E-state index contributed by atoms with van der Waals surface area (Å²) < 4.78 is 0. The van der Waals surface area contributed by atoms with E-state index in [2.05, 4.69) is 44.8 Å². The molecule has 0 spiro atoms. The molecule has 0 aromatic rings. The minimum atomic E-state index is 0.417. The van der Waals surface area contributed by atoms with Crippen molar-refractivity contribution in [1.29, 1.82) is 0 Å². The van der Waals surface area contributed by atoms with Gasteiger partial charge in [-0.05, 0) is 10.8 Å². The first-order valence-electron chi connectivity index (χ1n) is 5.72. The van der Waals surface area contributed by atoms with E-state index in [1.54, 1.807) is 0 Å². The van der Waals surface area contributed by atoms with Gasteiger partial charge >= 0.3 is 0 Å². The normalized spacial score (nSPS) is 24.6. The molecule has 84 valence electrons. The van der Waals surface area contributed by atoms with E-state index < -0.39 is 0 Å². The van der Waals surface area contributed by atoms with Crippen LogP contribution in [0.1, 0.15) is 34.6 Å². The van der Waals surface area contributed by atoms with Crippen molar-refractivity contribution >= 4 is 0 Å². The van der Waals surface area contributed by atoms with Gasteiger partial charge in [-0.25, -0.2) is 0 Å². The van der Waals surface area contributed by atoms with Gasteiger partial charge in [0.2, 0.25) is 0 Å². The van der Waals surface area contributed by atoms with E-state index in [0.29, 0.717) is 10.8 Å². The predicted octanol–water partition coefficient (Wildman–Crippen LogP) is 1.96. The molecule has 1 aliphatic rings. The van der Waals surface area contributed by atoms with E-state index in [1.807, 2.05) is 0 Å². The zero-order valence-corrected chi connectivity index (χ0v) is 10.5. The molecule has 0 bridgehead atoms. The van der Waals surface area contributed by atoms with Gasteiger partial charge < -0.3 is 10.2 Å². The molecule has 1 saturated heterocycles. The van der Waals surface area contributed by atoms with E-state index in [0.717, 1.165) is 13.1 Å². The molecule has 0 amide bonds. The van der Waals surface area contributed by atoms with Crippen LogP contribution in [0.15, 0.2) is 0 Å². The average molecular weight is 198 g/mol. The minimum absolute atomic E-state index is 0.417. The first kappa shape index (κ1) is 12.0. The Balaban J connectivity index is 2.52. The largest absolute Gasteiger partial charge is 0.315 e. The monoisotopic (exact) mass is 198 g/mol. The quantitative estimate of drug-likeness (QED) is 0.693. The Morgan fingerprint density at radius 3 is 2.50 bits per heavy atom. The highest BCUT2D eigenvalue weighted by Crippen LogP contribution is 2.21. The highest BCUT2D eigenvalue weighted by molar-refractivity contribution is 4.82. The van der Waals surface area contributed by atoms with Gasteiger partial charge in [0.25, 0.3) is 0 Å². The molecule has 0 radical (unpaired) electrons. The molecule has 0 aromatic carbocycles. The van der Waals surface area contributed by atoms with Crippen molar-refractivity contribution < 1.29 is 0 Å². The van der Waals surface area contributed by atoms with E-state index in [-0.39, 0.29) is 0 Å². The molecule has 1 fully saturated rings. The van der Waals surface area contributed by atoms with Crippen molar-refractivity contribution in [3.8, 4) is 0 Å². The summed E-state index contributed by atoms with van der Waals surface area (Å²) >= 11 is 0. The summed E-state index contributed by atoms with van der Waals surface area (Å²) in [4.78, 5) is 2.60. The molecule has 0 aliphatic carbocycles. The van der Waals surface area contributed by atoms with Crippen molar-refractivity contribution in [3.63, 3.8) is 0 Å². The van der Waals surface area contributed by atoms with Gasteiger partial charge in [-0.2, -0.15) is 0 Å². The Morgan fingerprint density at radius 1 is 1.29 bits per heavy atom. The summed E-state index contributed by atoms with van der Waals surface area (Å²) in [6, 6.07) is 0. The lowest BCUT2D eigenvalue weighted by Gasteiger charge is -2.33. The topological polar surface area (TPSA) is 15.3 Å². The van der Waals surface area contributed by atoms with Gasteiger partial charge in [0.1, 0.15) is 0 Å². The predicted molar refractivity (Wildman–Crippen MR) is 62.5 cm³/mol. The maximum atomic E-state index is 3.51. The number of nitrogens with one attached hydrogen (secondary N) is 1. The van der Waals surface area contributed by atoms with Crippen LogP contribution in [-0.2, 0) is 0 Å². The fraction of sp³-hybridized carbons (Fsp3) is 1.00. The highest BCUT2D eigenvalue weighted by atomic mass is 15.2. The number of hydrogen-bond donors (Lipinski definition) is 1. The first-order valence-corrected chi connectivity index (χ1v) is 5.72. The molecule has 0 aromatic heterocycles. The summed E-state index contributed by atoms with van der Waals surface area (Å²) in [5, 5.41) is 3.51. The van der Waals surface area contributed by atoms with Crippen molar-refractivity contribution in [3.05, 3.63) is 0 Å². The maximum absolute atomic E-state index is 3.51. The Labute approximate surface area is 89.1 Å². The van der Waals surface area contributed by atoms with Gasteiger partial charge in [-0.3, -0.25) is 0 Å². The van der Waals surface area contributed by atoms with Crippen LogP contribution in [0.4, 0.5) is 0 Å². The second kappa shape index (κ2) is 4.19. The van der Waals surface area contributed by atoms with Crippen molar-refractivity contribution in [2.45, 2.75) is 34.6 Å². The van der Waals surface area contributed by atoms with E-state index >= 15 is 0 Å². The lowest BCUT2D eigenvalue weighted by Crippen LogP contribution is -2.39. The standard InChI is InChI=1S/C12H26N2/c1-11(2,3)9-14-7-6-13-8-12(4,5)10-14/h13H,6-10H2,1-5H3. The van der Waals surface area contributed by atoms with Gasteiger partial charge in [0.15, 0.2) is 0 Å². The third kappa shape index (κ3) is 4.43. The van der Waals surface area contributed by atoms with Gasteiger partial charge in [0.05, 0.1) is 0 Å². The van der Waals surface area contributed by atoms with E-state index in [9.17, 15) is 0 Å². The number of rotatable bonds is 1. The SMILES string of the molecule is CC(C)(C)CN1CCNCC(C)(C)C1. The third-order valence-corrected chi connectivity index (χ3v) is 2.56. The second-order valence-corrected chi connectivity index (χ2v) is 6.61. The molecule has 1 N–H and O–H groups in total. The molecular formula is C12H26N2. The molecule has 1 aliphatic heterocycles. The third-order valence-electron chi connectivity index (χ3n) is 2.56. The van der Waals surface area contributed by atoms with Crippen LogP contribution in [0.3, 0.4) is 0 Å². The summed E-state index contributed by atoms with van der Waals surface area (Å²) in [5.41, 5.74) is 0.835. The van der Waals surface area contributed by atoms with Crippen LogP contribution < -0.4 is 5.32 Å². The van der Waals surface area contributed by atoms with Crippen LogP contribution in [0.2, 0.25) is 0 Å². The first-order chi connectivity index (χ1) is 6.29. The molecule has 0 saturated carbocycles. The lowest BCUT2D eigenvalue weighted by molar-refractivity contribution is 0.154. The highest BCUT2D eigenvalue weighted by Gasteiger charge is 2.26. The average Bonchev–Trinajstić information content (AvgIpc) is 2.06. The van der Waals surface area contributed by atoms with Gasteiger partial charge in [0, 0.05) is 32.7 Å². The van der Waals surface area contributed by atoms with Crippen LogP contribution >= 0.6 is 0 Å². The summed E-state index contributed by atoms with van der Waals surface area (Å²) in [6.07, 6.45) is 0. The molecule has 1 rings (SSSR count). The zero-order valence-electron chi connectivity index (χ0n) is 10.5. The Kier molecular flexibility index (Phi) is 3.59. The fourth-order valence-electron chi connectivity index (χ4n) is 2.21. The fourth-order valence-corrected chi connectivity index (χ4v) is 2.21. The molecule has 2 nitrogen and oxygen atoms in total. The van der Waals surface area contributed by atoms with Crippen LogP contribution in [0.25, 0.3) is 0 Å². The molecule has 1 heterocycles. The maximum Gasteiger partial charge on any atom is 0.0107 e. The summed E-state index contributed by atoms with van der Waals surface area (Å²) in [7, 11) is 0. The number of hydrogen-bond acceptors (Lipinski definition) is 2. The molecule has 14 heavy (non-hydrogen) atoms. The Hall–Kier alpha value is -0.0800. The van der Waals surface area contributed by atoms with Crippen LogP contribution in [0.5, 0.6) is 0 Å². The Bertz CT molecular complexity index is 179. The summed E-state index contributed by atoms with van der Waals surface area (Å²) in [5.74, 6) is 0. The summed E-state index contributed by atoms with van der Waals surface area (Å²) in [6.45, 7) is 17.6. The van der Waals surface area contributed by atoms with Crippen LogP contribution in [0, 0.1) is 10.8 Å². The van der Waals surface area contributed by atoms with Crippen molar-refractivity contribution in [1.82, 2.24) is 10.2 Å². The zero-order chi connectivity index (χ0) is 10.8. The molecule has 2 heteroatoms. The van der Waals surface area contributed by atoms with Crippen LogP contribution in [-0.4, -0.2) is 37.6 Å². The molecule has 0 unspecified atom stereocenters. The van der Waals surface area contributed by atoms with E-state index in [4.69, 9.17) is 0 Å². The lowest BCUT2D eigenvalue weighted by atomic mass is 9.91. The van der Waals surface area contributed by atoms with Gasteiger partial charge in [-0.15, -0.1) is 0 Å². The minimum Gasteiger partial charge on any atom is -0.315 e.